The van der Waals surface area contributed by atoms with Gasteiger partial charge in [0.2, 0.25) is 5.91 Å². The molecular weight excluding hydrogens is 276 g/mol. The molecule has 1 aromatic carbocycles. The maximum absolute atomic E-state index is 12.7. The van der Waals surface area contributed by atoms with E-state index in [0.717, 1.165) is 18.5 Å². The Balaban J connectivity index is 1.73. The smallest absolute Gasteiger partial charge is 0.249 e. The number of nitrogens with one attached hydrogen (secondary N) is 1. The lowest BCUT2D eigenvalue weighted by atomic mass is 10.1. The number of aromatic nitrogens is 2. The molecule has 1 N–H and O–H groups in total. The van der Waals surface area contributed by atoms with Crippen molar-refractivity contribution in [1.82, 2.24) is 20.0 Å². The summed E-state index contributed by atoms with van der Waals surface area (Å²) in [6, 6.07) is 11.7. The molecule has 5 nitrogen and oxygen atoms in total. The number of nitrogens with zero attached hydrogens (tertiary/aromatic N) is 3. The second-order valence-electron chi connectivity index (χ2n) is 5.82. The van der Waals surface area contributed by atoms with E-state index in [1.54, 1.807) is 10.9 Å². The number of likely N-dealkylation sites (tertiary alicyclic amines) is 1. The van der Waals surface area contributed by atoms with E-state index in [2.05, 4.69) is 22.4 Å². The standard InChI is InChI=1S/C17H22N4O/c1-20-11-5-9-15(20)13-18-17(22)16(21-12-6-10-19-21)14-7-3-2-4-8-14/h2-4,6-8,10,12,15-16H,5,9,11,13H2,1H3,(H,18,22)/t15-,16+/m0/s1. The van der Waals surface area contributed by atoms with E-state index >= 15 is 0 Å². The Morgan fingerprint density at radius 3 is 2.82 bits per heavy atom. The van der Waals surface area contributed by atoms with Crippen LogP contribution in [0.15, 0.2) is 48.8 Å². The first-order valence-electron chi connectivity index (χ1n) is 7.78. The molecule has 1 aliphatic heterocycles. The molecule has 0 aliphatic carbocycles. The highest BCUT2D eigenvalue weighted by atomic mass is 16.2. The first-order chi connectivity index (χ1) is 10.8. The summed E-state index contributed by atoms with van der Waals surface area (Å²) in [6.45, 7) is 1.81. The molecule has 0 saturated carbocycles. The van der Waals surface area contributed by atoms with Crippen molar-refractivity contribution in [2.75, 3.05) is 20.1 Å². The summed E-state index contributed by atoms with van der Waals surface area (Å²) < 4.78 is 1.71. The molecule has 1 aliphatic rings. The summed E-state index contributed by atoms with van der Waals surface area (Å²) in [6.07, 6.45) is 5.89. The van der Waals surface area contributed by atoms with Gasteiger partial charge in [-0.25, -0.2) is 0 Å². The van der Waals surface area contributed by atoms with Gasteiger partial charge in [0.05, 0.1) is 0 Å². The molecule has 2 heterocycles. The van der Waals surface area contributed by atoms with Crippen molar-refractivity contribution < 1.29 is 4.79 Å². The van der Waals surface area contributed by atoms with Gasteiger partial charge >= 0.3 is 0 Å². The Kier molecular flexibility index (Phi) is 4.53. The summed E-state index contributed by atoms with van der Waals surface area (Å²) in [5, 5.41) is 7.35. The number of benzene rings is 1. The van der Waals surface area contributed by atoms with E-state index in [-0.39, 0.29) is 5.91 Å². The fourth-order valence-electron chi connectivity index (χ4n) is 3.05. The van der Waals surface area contributed by atoms with Gasteiger partial charge in [0.25, 0.3) is 0 Å². The lowest BCUT2D eigenvalue weighted by Crippen LogP contribution is -2.41. The highest BCUT2D eigenvalue weighted by Gasteiger charge is 2.26. The van der Waals surface area contributed by atoms with Crippen molar-refractivity contribution in [2.24, 2.45) is 0 Å². The number of likely N-dealkylation sites (N-methyl/N-ethyl adjacent to an activating group) is 1. The SMILES string of the molecule is CN1CCC[C@H]1CNC(=O)[C@@H](c1ccccc1)n1cccn1. The third-order valence-electron chi connectivity index (χ3n) is 4.34. The lowest BCUT2D eigenvalue weighted by Gasteiger charge is -2.22. The van der Waals surface area contributed by atoms with E-state index in [0.29, 0.717) is 12.6 Å². The lowest BCUT2D eigenvalue weighted by molar-refractivity contribution is -0.123. The van der Waals surface area contributed by atoms with Crippen molar-refractivity contribution in [3.63, 3.8) is 0 Å². The minimum absolute atomic E-state index is 0.00444. The second-order valence-corrected chi connectivity index (χ2v) is 5.82. The number of rotatable bonds is 5. The fourth-order valence-corrected chi connectivity index (χ4v) is 3.05. The molecule has 0 spiro atoms. The van der Waals surface area contributed by atoms with Crippen LogP contribution >= 0.6 is 0 Å². The molecule has 1 fully saturated rings. The minimum Gasteiger partial charge on any atom is -0.352 e. The predicted molar refractivity (Wildman–Crippen MR) is 85.5 cm³/mol. The Morgan fingerprint density at radius 2 is 2.18 bits per heavy atom. The summed E-state index contributed by atoms with van der Waals surface area (Å²) in [4.78, 5) is 15.0. The van der Waals surface area contributed by atoms with Crippen LogP contribution in [-0.4, -0.2) is 46.8 Å². The van der Waals surface area contributed by atoms with Crippen molar-refractivity contribution in [3.05, 3.63) is 54.4 Å². The summed E-state index contributed by atoms with van der Waals surface area (Å²) in [7, 11) is 2.12. The molecule has 1 aromatic heterocycles. The topological polar surface area (TPSA) is 50.2 Å². The highest BCUT2D eigenvalue weighted by molar-refractivity contribution is 5.83. The van der Waals surface area contributed by atoms with E-state index in [1.165, 1.54) is 6.42 Å². The summed E-state index contributed by atoms with van der Waals surface area (Å²) >= 11 is 0. The van der Waals surface area contributed by atoms with Gasteiger partial charge in [-0.1, -0.05) is 30.3 Å². The fraction of sp³-hybridized carbons (Fsp3) is 0.412. The van der Waals surface area contributed by atoms with Crippen molar-refractivity contribution in [2.45, 2.75) is 24.9 Å². The Labute approximate surface area is 130 Å². The molecule has 116 valence electrons. The predicted octanol–water partition coefficient (Wildman–Crippen LogP) is 1.68. The zero-order valence-electron chi connectivity index (χ0n) is 12.9. The molecule has 2 aromatic rings. The molecule has 1 saturated heterocycles. The Bertz CT molecular complexity index is 596. The average Bonchev–Trinajstić information content (AvgIpc) is 3.19. The minimum atomic E-state index is -0.414. The molecular formula is C17H22N4O. The van der Waals surface area contributed by atoms with Gasteiger partial charge in [-0.05, 0) is 38.1 Å². The zero-order valence-corrected chi connectivity index (χ0v) is 12.9. The van der Waals surface area contributed by atoms with Crippen LogP contribution < -0.4 is 5.32 Å². The van der Waals surface area contributed by atoms with E-state index < -0.39 is 6.04 Å². The van der Waals surface area contributed by atoms with Crippen LogP contribution in [0.3, 0.4) is 0 Å². The van der Waals surface area contributed by atoms with Crippen LogP contribution in [0.5, 0.6) is 0 Å². The first-order valence-corrected chi connectivity index (χ1v) is 7.78. The normalized spacial score (nSPS) is 20.0. The van der Waals surface area contributed by atoms with Crippen LogP contribution in [0.2, 0.25) is 0 Å². The molecule has 0 bridgehead atoms. The number of amides is 1. The van der Waals surface area contributed by atoms with Crippen molar-refractivity contribution in [1.29, 1.82) is 0 Å². The summed E-state index contributed by atoms with van der Waals surface area (Å²) in [5.74, 6) is -0.00444. The van der Waals surface area contributed by atoms with Gasteiger partial charge in [0, 0.05) is 25.0 Å². The zero-order chi connectivity index (χ0) is 15.4. The van der Waals surface area contributed by atoms with Crippen LogP contribution in [0, 0.1) is 0 Å². The molecule has 0 radical (unpaired) electrons. The number of hydrogen-bond donors (Lipinski definition) is 1. The quantitative estimate of drug-likeness (QED) is 0.914. The Morgan fingerprint density at radius 1 is 1.36 bits per heavy atom. The molecule has 5 heteroatoms. The molecule has 1 amide bonds. The van der Waals surface area contributed by atoms with E-state index in [9.17, 15) is 4.79 Å². The largest absolute Gasteiger partial charge is 0.352 e. The van der Waals surface area contributed by atoms with Crippen molar-refractivity contribution >= 4 is 5.91 Å². The first kappa shape index (κ1) is 14.8. The molecule has 0 unspecified atom stereocenters. The van der Waals surface area contributed by atoms with E-state index in [1.807, 2.05) is 42.6 Å². The molecule has 22 heavy (non-hydrogen) atoms. The van der Waals surface area contributed by atoms with Crippen LogP contribution in [0.1, 0.15) is 24.4 Å². The van der Waals surface area contributed by atoms with Gasteiger partial charge in [0.1, 0.15) is 0 Å². The third kappa shape index (κ3) is 3.20. The highest BCUT2D eigenvalue weighted by Crippen LogP contribution is 2.18. The number of hydrogen-bond acceptors (Lipinski definition) is 3. The van der Waals surface area contributed by atoms with Gasteiger partial charge in [-0.15, -0.1) is 0 Å². The van der Waals surface area contributed by atoms with Gasteiger partial charge in [-0.2, -0.15) is 5.10 Å². The Hall–Kier alpha value is -2.14. The van der Waals surface area contributed by atoms with E-state index in [4.69, 9.17) is 0 Å². The molecule has 2 atom stereocenters. The van der Waals surface area contributed by atoms with Gasteiger partial charge in [-0.3, -0.25) is 9.48 Å². The van der Waals surface area contributed by atoms with Gasteiger partial charge < -0.3 is 10.2 Å². The van der Waals surface area contributed by atoms with Crippen LogP contribution in [-0.2, 0) is 4.79 Å². The second kappa shape index (κ2) is 6.75. The average molecular weight is 298 g/mol. The van der Waals surface area contributed by atoms with Crippen molar-refractivity contribution in [3.8, 4) is 0 Å². The number of carbonyl (C=O) groups is 1. The third-order valence-corrected chi connectivity index (χ3v) is 4.34. The molecule has 3 rings (SSSR count). The maximum Gasteiger partial charge on any atom is 0.249 e. The van der Waals surface area contributed by atoms with Crippen LogP contribution in [0.4, 0.5) is 0 Å². The van der Waals surface area contributed by atoms with Gasteiger partial charge in [0.15, 0.2) is 6.04 Å². The van der Waals surface area contributed by atoms with Crippen LogP contribution in [0.25, 0.3) is 0 Å². The number of carbonyl (C=O) groups excluding carboxylic acids is 1. The monoisotopic (exact) mass is 298 g/mol. The maximum atomic E-state index is 12.7. The summed E-state index contributed by atoms with van der Waals surface area (Å²) in [5.41, 5.74) is 0.948.